The van der Waals surface area contributed by atoms with Gasteiger partial charge in [-0.15, -0.1) is 5.10 Å². The van der Waals surface area contributed by atoms with Crippen LogP contribution in [0.3, 0.4) is 0 Å². The van der Waals surface area contributed by atoms with Gasteiger partial charge in [0.05, 0.1) is 11.7 Å². The van der Waals surface area contributed by atoms with E-state index in [0.717, 1.165) is 0 Å². The van der Waals surface area contributed by atoms with Gasteiger partial charge in [-0.05, 0) is 12.1 Å². The molecule has 0 radical (unpaired) electrons. The number of hydrogen-bond acceptors (Lipinski definition) is 7. The quantitative estimate of drug-likeness (QED) is 0.401. The zero-order chi connectivity index (χ0) is 13.1. The second-order valence-corrected chi connectivity index (χ2v) is 3.02. The van der Waals surface area contributed by atoms with E-state index < -0.39 is 18.0 Å². The second-order valence-electron chi connectivity index (χ2n) is 3.02. The van der Waals surface area contributed by atoms with Crippen LogP contribution >= 0.6 is 0 Å². The summed E-state index contributed by atoms with van der Waals surface area (Å²) in [7, 11) is 0. The molecule has 0 saturated heterocycles. The van der Waals surface area contributed by atoms with Gasteiger partial charge in [0.1, 0.15) is 0 Å². The number of carbonyl (C=O) groups excluding carboxylic acids is 3. The number of esters is 2. The Morgan fingerprint density at radius 2 is 2.06 bits per heavy atom. The molecule has 0 aromatic carbocycles. The number of rotatable bonds is 1. The van der Waals surface area contributed by atoms with Gasteiger partial charge in [0, 0.05) is 6.20 Å². The zero-order valence-electron chi connectivity index (χ0n) is 8.77. The number of carbonyl (C=O) groups is 3. The van der Waals surface area contributed by atoms with Crippen LogP contribution in [0.5, 0.6) is 6.01 Å². The molecule has 0 saturated carbocycles. The van der Waals surface area contributed by atoms with Crippen molar-refractivity contribution in [2.75, 3.05) is 0 Å². The van der Waals surface area contributed by atoms with Crippen molar-refractivity contribution in [1.29, 1.82) is 0 Å². The molecule has 2 rings (SSSR count). The van der Waals surface area contributed by atoms with Gasteiger partial charge in [0.25, 0.3) is 0 Å². The van der Waals surface area contributed by atoms with Gasteiger partial charge < -0.3 is 15.2 Å². The molecule has 2 aromatic rings. The van der Waals surface area contributed by atoms with Crippen LogP contribution in [-0.4, -0.2) is 32.6 Å². The number of hydrogen-bond donors (Lipinski definition) is 1. The first-order chi connectivity index (χ1) is 8.56. The molecule has 92 valence electrons. The topological polar surface area (TPSA) is 126 Å². The predicted molar refractivity (Wildman–Crippen MR) is 54.3 cm³/mol. The van der Waals surface area contributed by atoms with Crippen molar-refractivity contribution >= 4 is 23.5 Å². The molecule has 18 heavy (non-hydrogen) atoms. The highest BCUT2D eigenvalue weighted by molar-refractivity contribution is 6.31. The van der Waals surface area contributed by atoms with Crippen LogP contribution < -0.4 is 10.5 Å². The van der Waals surface area contributed by atoms with Crippen molar-refractivity contribution in [2.24, 2.45) is 5.73 Å². The lowest BCUT2D eigenvalue weighted by Crippen LogP contribution is -2.28. The van der Waals surface area contributed by atoms with E-state index in [-0.39, 0.29) is 6.01 Å². The summed E-state index contributed by atoms with van der Waals surface area (Å²) in [6.45, 7) is 0. The Morgan fingerprint density at radius 1 is 1.28 bits per heavy atom. The minimum absolute atomic E-state index is 0.356. The second kappa shape index (κ2) is 4.49. The van der Waals surface area contributed by atoms with E-state index in [4.69, 9.17) is 0 Å². The molecule has 0 aliphatic heterocycles. The highest BCUT2D eigenvalue weighted by atomic mass is 16.6. The van der Waals surface area contributed by atoms with Gasteiger partial charge in [-0.3, -0.25) is 0 Å². The number of aromatic nitrogens is 3. The molecule has 0 atom stereocenters. The summed E-state index contributed by atoms with van der Waals surface area (Å²) < 4.78 is 9.69. The largest absolute Gasteiger partial charge is 0.426 e. The van der Waals surface area contributed by atoms with Crippen LogP contribution in [0.25, 0.3) is 5.52 Å². The Labute approximate surface area is 99.1 Å². The maximum atomic E-state index is 11.1. The van der Waals surface area contributed by atoms with Gasteiger partial charge in [0.2, 0.25) is 0 Å². The first kappa shape index (κ1) is 11.5. The van der Waals surface area contributed by atoms with E-state index in [0.29, 0.717) is 5.52 Å². The molecule has 0 fully saturated rings. The number of primary amides is 1. The predicted octanol–water partition coefficient (Wildman–Crippen LogP) is -0.743. The summed E-state index contributed by atoms with van der Waals surface area (Å²) in [6.07, 6.45) is 1.57. The van der Waals surface area contributed by atoms with Gasteiger partial charge in [0.15, 0.2) is 0 Å². The number of amides is 1. The third-order valence-electron chi connectivity index (χ3n) is 1.80. The zero-order valence-corrected chi connectivity index (χ0v) is 8.77. The van der Waals surface area contributed by atoms with Crippen LogP contribution in [0.15, 0.2) is 24.5 Å². The summed E-state index contributed by atoms with van der Waals surface area (Å²) in [5, 5.41) is 3.78. The van der Waals surface area contributed by atoms with Crippen LogP contribution in [-0.2, 0) is 14.3 Å². The average molecular weight is 250 g/mol. The van der Waals surface area contributed by atoms with Gasteiger partial charge in [-0.2, -0.15) is 4.98 Å². The lowest BCUT2D eigenvalue weighted by molar-refractivity contribution is -0.158. The van der Waals surface area contributed by atoms with Gasteiger partial charge in [-0.1, -0.05) is 0 Å². The summed E-state index contributed by atoms with van der Waals surface area (Å²) in [4.78, 5) is 36.0. The molecule has 0 spiro atoms. The van der Waals surface area contributed by atoms with Crippen LogP contribution in [0.2, 0.25) is 0 Å². The average Bonchev–Trinajstić information content (AvgIpc) is 2.75. The first-order valence-corrected chi connectivity index (χ1v) is 4.60. The Bertz CT molecular complexity index is 635. The molecule has 9 nitrogen and oxygen atoms in total. The van der Waals surface area contributed by atoms with Crippen LogP contribution in [0.4, 0.5) is 4.79 Å². The molecular weight excluding hydrogens is 244 g/mol. The smallest absolute Gasteiger partial charge is 0.381 e. The maximum Gasteiger partial charge on any atom is 0.426 e. The number of nitrogens with two attached hydrogens (primary N) is 1. The van der Waals surface area contributed by atoms with Crippen LogP contribution in [0, 0.1) is 0 Å². The lowest BCUT2D eigenvalue weighted by atomic mass is 10.5. The van der Waals surface area contributed by atoms with Crippen molar-refractivity contribution < 1.29 is 23.9 Å². The first-order valence-electron chi connectivity index (χ1n) is 4.60. The molecular formula is C9H6N4O5. The summed E-state index contributed by atoms with van der Waals surface area (Å²) >= 11 is 0. The molecule has 0 bridgehead atoms. The van der Waals surface area contributed by atoms with Gasteiger partial charge >= 0.3 is 24.0 Å². The molecule has 2 N–H and O–H groups in total. The summed E-state index contributed by atoms with van der Waals surface area (Å²) in [6, 6.07) is 3.08. The van der Waals surface area contributed by atoms with E-state index in [1.165, 1.54) is 10.7 Å². The number of fused-ring (bicyclic) bond motifs is 1. The highest BCUT2D eigenvalue weighted by Gasteiger charge is 2.22. The van der Waals surface area contributed by atoms with E-state index in [9.17, 15) is 14.4 Å². The van der Waals surface area contributed by atoms with Crippen molar-refractivity contribution in [3.63, 3.8) is 0 Å². The molecule has 9 heteroatoms. The minimum Gasteiger partial charge on any atom is -0.381 e. The monoisotopic (exact) mass is 250 g/mol. The summed E-state index contributed by atoms with van der Waals surface area (Å²) in [5.74, 6) is -2.99. The lowest BCUT2D eigenvalue weighted by Gasteiger charge is -2.01. The van der Waals surface area contributed by atoms with Crippen LogP contribution in [0.1, 0.15) is 0 Å². The highest BCUT2D eigenvalue weighted by Crippen LogP contribution is 2.05. The SMILES string of the molecule is NC(=O)OC(=O)C(=O)Oc1ncc2cccn2n1. The number of nitrogens with zero attached hydrogens (tertiary/aromatic N) is 3. The number of ether oxygens (including phenoxy) is 2. The fraction of sp³-hybridized carbons (Fsp3) is 0. The molecule has 0 unspecified atom stereocenters. The fourth-order valence-corrected chi connectivity index (χ4v) is 1.12. The Balaban J connectivity index is 2.10. The maximum absolute atomic E-state index is 11.1. The molecule has 0 aliphatic carbocycles. The Morgan fingerprint density at radius 3 is 2.78 bits per heavy atom. The molecule has 2 heterocycles. The van der Waals surface area contributed by atoms with Crippen molar-refractivity contribution in [2.45, 2.75) is 0 Å². The third kappa shape index (κ3) is 2.40. The van der Waals surface area contributed by atoms with Crippen molar-refractivity contribution in [1.82, 2.24) is 14.6 Å². The van der Waals surface area contributed by atoms with E-state index >= 15 is 0 Å². The van der Waals surface area contributed by atoms with E-state index in [1.807, 2.05) is 0 Å². The van der Waals surface area contributed by atoms with Crippen molar-refractivity contribution in [3.8, 4) is 6.01 Å². The molecule has 1 amide bonds. The Hall–Kier alpha value is -2.97. The minimum atomic E-state index is -1.54. The van der Waals surface area contributed by atoms with Crippen molar-refractivity contribution in [3.05, 3.63) is 24.5 Å². The van der Waals surface area contributed by atoms with E-state index in [1.54, 1.807) is 18.3 Å². The normalized spacial score (nSPS) is 10.0. The third-order valence-corrected chi connectivity index (χ3v) is 1.80. The standard InChI is InChI=1S/C9H6N4O5/c10-8(16)17-6(14)7(15)18-9-11-4-5-2-1-3-13(5)12-9/h1-4H,(H2,10,16). The van der Waals surface area contributed by atoms with Gasteiger partial charge in [-0.25, -0.2) is 18.9 Å². The summed E-state index contributed by atoms with van der Waals surface area (Å²) in [5.41, 5.74) is 5.24. The fourth-order valence-electron chi connectivity index (χ4n) is 1.12. The Kier molecular flexibility index (Phi) is 2.87. The van der Waals surface area contributed by atoms with E-state index in [2.05, 4.69) is 25.3 Å². The molecule has 2 aromatic heterocycles. The molecule has 0 aliphatic rings.